The van der Waals surface area contributed by atoms with Gasteiger partial charge in [0.25, 0.3) is 0 Å². The van der Waals surface area contributed by atoms with Gasteiger partial charge in [0, 0.05) is 36.7 Å². The van der Waals surface area contributed by atoms with Crippen LogP contribution >= 0.6 is 11.6 Å². The number of hydrazine groups is 1. The summed E-state index contributed by atoms with van der Waals surface area (Å²) in [5.74, 6) is 4.79. The lowest BCUT2D eigenvalue weighted by Gasteiger charge is -2.38. The number of halogens is 1. The highest BCUT2D eigenvalue weighted by Gasteiger charge is 2.67. The van der Waals surface area contributed by atoms with Crippen molar-refractivity contribution in [2.75, 3.05) is 35.7 Å². The molecule has 5 N–H and O–H groups in total. The number of fused-ring (bicyclic) bond motifs is 3. The molecule has 1 amide bonds. The topological polar surface area (TPSA) is 124 Å². The number of amides is 1. The van der Waals surface area contributed by atoms with Crippen molar-refractivity contribution in [2.24, 2.45) is 17.8 Å². The first kappa shape index (κ1) is 24.2. The quantitative estimate of drug-likeness (QED) is 0.368. The summed E-state index contributed by atoms with van der Waals surface area (Å²) in [7, 11) is 1.67. The zero-order chi connectivity index (χ0) is 26.5. The number of rotatable bonds is 6. The minimum atomic E-state index is -0.403. The number of benzene rings is 1. The molecule has 6 atom stereocenters. The van der Waals surface area contributed by atoms with Crippen molar-refractivity contribution in [3.05, 3.63) is 34.6 Å². The second-order valence-corrected chi connectivity index (χ2v) is 12.7. The van der Waals surface area contributed by atoms with Crippen LogP contribution in [0.2, 0.25) is 5.02 Å². The molecule has 0 bridgehead atoms. The molecule has 6 aliphatic rings. The van der Waals surface area contributed by atoms with Crippen molar-refractivity contribution < 1.29 is 14.6 Å². The molecule has 3 aliphatic carbocycles. The van der Waals surface area contributed by atoms with Gasteiger partial charge in [-0.1, -0.05) is 11.6 Å². The zero-order valence-electron chi connectivity index (χ0n) is 21.9. The predicted molar refractivity (Wildman–Crippen MR) is 147 cm³/mol. The van der Waals surface area contributed by atoms with Crippen LogP contribution in [0, 0.1) is 17.8 Å². The number of hydrogen-bond donors (Lipinski definition) is 5. The molecule has 0 radical (unpaired) electrons. The van der Waals surface area contributed by atoms with E-state index >= 15 is 0 Å². The third-order valence-corrected chi connectivity index (χ3v) is 10.3. The Kier molecular flexibility index (Phi) is 5.37. The number of anilines is 3. The summed E-state index contributed by atoms with van der Waals surface area (Å²) in [5.41, 5.74) is 8.65. The molecule has 4 heterocycles. The number of aliphatic hydroxyl groups is 1. The first-order chi connectivity index (χ1) is 18.9. The van der Waals surface area contributed by atoms with Crippen LogP contribution in [0.3, 0.4) is 0 Å². The SMILES string of the molecule is COc1ccc2c(c1)[C@]1(C[C@H]1C1CCC3C(C1)NNC3Nc1nc(C3CC3)nc(N3CC(O)C3)c1Cl)C(=O)N2. The monoisotopic (exact) mass is 551 g/mol. The first-order valence-corrected chi connectivity index (χ1v) is 14.6. The van der Waals surface area contributed by atoms with Gasteiger partial charge in [-0.3, -0.25) is 10.2 Å². The van der Waals surface area contributed by atoms with Crippen LogP contribution in [0.15, 0.2) is 18.2 Å². The maximum atomic E-state index is 13.2. The summed E-state index contributed by atoms with van der Waals surface area (Å²) >= 11 is 6.83. The minimum Gasteiger partial charge on any atom is -0.497 e. The molecular formula is C28H34ClN7O3. The van der Waals surface area contributed by atoms with Crippen molar-refractivity contribution in [2.45, 2.75) is 68.2 Å². The number of β-amino-alcohol motifs (C(OH)–C–C–N with tert-alkyl or cyclic N) is 1. The van der Waals surface area contributed by atoms with Crippen LogP contribution in [0.4, 0.5) is 17.3 Å². The van der Waals surface area contributed by atoms with Gasteiger partial charge in [-0.15, -0.1) is 0 Å². The van der Waals surface area contributed by atoms with Gasteiger partial charge in [0.15, 0.2) is 11.6 Å². The van der Waals surface area contributed by atoms with Crippen molar-refractivity contribution in [3.63, 3.8) is 0 Å². The Morgan fingerprint density at radius 3 is 2.79 bits per heavy atom. The molecule has 3 saturated carbocycles. The van der Waals surface area contributed by atoms with Crippen molar-refractivity contribution in [1.82, 2.24) is 20.8 Å². The summed E-state index contributed by atoms with van der Waals surface area (Å²) in [6.07, 6.45) is 5.95. The van der Waals surface area contributed by atoms with Crippen molar-refractivity contribution in [3.8, 4) is 5.75 Å². The Labute approximate surface area is 232 Å². The van der Waals surface area contributed by atoms with Crippen LogP contribution in [0.25, 0.3) is 0 Å². The smallest absolute Gasteiger partial charge is 0.235 e. The van der Waals surface area contributed by atoms with E-state index in [1.165, 1.54) is 0 Å². The van der Waals surface area contributed by atoms with Crippen LogP contribution < -0.4 is 31.1 Å². The van der Waals surface area contributed by atoms with E-state index in [4.69, 9.17) is 26.3 Å². The maximum absolute atomic E-state index is 13.2. The number of nitrogens with one attached hydrogen (secondary N) is 4. The highest BCUT2D eigenvalue weighted by Crippen LogP contribution is 2.65. The third-order valence-electron chi connectivity index (χ3n) is 9.99. The number of aliphatic hydroxyl groups excluding tert-OH is 1. The highest BCUT2D eigenvalue weighted by atomic mass is 35.5. The van der Waals surface area contributed by atoms with Crippen LogP contribution in [0.1, 0.15) is 55.8 Å². The maximum Gasteiger partial charge on any atom is 0.235 e. The van der Waals surface area contributed by atoms with E-state index in [1.54, 1.807) is 7.11 Å². The highest BCUT2D eigenvalue weighted by molar-refractivity contribution is 6.35. The third kappa shape index (κ3) is 3.75. The molecule has 8 rings (SSSR count). The molecular weight excluding hydrogens is 518 g/mol. The largest absolute Gasteiger partial charge is 0.497 e. The molecule has 1 spiro atoms. The van der Waals surface area contributed by atoms with Crippen molar-refractivity contribution >= 4 is 34.8 Å². The molecule has 1 aromatic heterocycles. The molecule has 10 nitrogen and oxygen atoms in total. The second-order valence-electron chi connectivity index (χ2n) is 12.3. The lowest BCUT2D eigenvalue weighted by Crippen LogP contribution is -2.51. The van der Waals surface area contributed by atoms with Gasteiger partial charge >= 0.3 is 0 Å². The van der Waals surface area contributed by atoms with Gasteiger partial charge in [0.1, 0.15) is 16.6 Å². The molecule has 2 saturated heterocycles. The van der Waals surface area contributed by atoms with Gasteiger partial charge in [0.2, 0.25) is 5.91 Å². The fourth-order valence-electron chi connectivity index (χ4n) is 7.57. The fourth-order valence-corrected chi connectivity index (χ4v) is 7.83. The number of methoxy groups -OCH3 is 1. The summed E-state index contributed by atoms with van der Waals surface area (Å²) in [5, 5.41) is 17.1. The van der Waals surface area contributed by atoms with Gasteiger partial charge in [-0.25, -0.2) is 15.4 Å². The van der Waals surface area contributed by atoms with Crippen molar-refractivity contribution in [1.29, 1.82) is 0 Å². The number of nitrogens with zero attached hydrogens (tertiary/aromatic N) is 3. The minimum absolute atomic E-state index is 0.00170. The van der Waals surface area contributed by atoms with E-state index in [0.717, 1.165) is 67.2 Å². The average molecular weight is 552 g/mol. The summed E-state index contributed by atoms with van der Waals surface area (Å²) in [6, 6.07) is 6.23. The Morgan fingerprint density at radius 1 is 1.18 bits per heavy atom. The van der Waals surface area contributed by atoms with Crippen LogP contribution in [0.5, 0.6) is 5.75 Å². The van der Waals surface area contributed by atoms with Crippen LogP contribution in [-0.2, 0) is 10.2 Å². The number of carbonyl (C=O) groups is 1. The van der Waals surface area contributed by atoms with E-state index in [1.807, 2.05) is 23.1 Å². The van der Waals surface area contributed by atoms with E-state index in [0.29, 0.717) is 53.6 Å². The average Bonchev–Trinajstić information content (AvgIpc) is 3.84. The van der Waals surface area contributed by atoms with Crippen LogP contribution in [-0.4, -0.2) is 59.5 Å². The molecule has 39 heavy (non-hydrogen) atoms. The zero-order valence-corrected chi connectivity index (χ0v) is 22.7. The van der Waals surface area contributed by atoms with Gasteiger partial charge in [-0.05, 0) is 74.1 Å². The van der Waals surface area contributed by atoms with E-state index < -0.39 is 5.41 Å². The fraction of sp³-hybridized carbons (Fsp3) is 0.607. The normalized spacial score (nSPS) is 34.9. The number of carbonyl (C=O) groups excluding carboxylic acids is 1. The number of ether oxygens (including phenoxy) is 1. The summed E-state index contributed by atoms with van der Waals surface area (Å²) in [4.78, 5) is 24.8. The predicted octanol–water partition coefficient (Wildman–Crippen LogP) is 2.74. The number of hydrogen-bond acceptors (Lipinski definition) is 9. The van der Waals surface area contributed by atoms with Gasteiger partial charge in [-0.2, -0.15) is 0 Å². The van der Waals surface area contributed by atoms with E-state index in [2.05, 4.69) is 21.5 Å². The van der Waals surface area contributed by atoms with E-state index in [-0.39, 0.29) is 18.2 Å². The molecule has 4 unspecified atom stereocenters. The number of aromatic nitrogens is 2. The Bertz CT molecular complexity index is 1350. The van der Waals surface area contributed by atoms with E-state index in [9.17, 15) is 9.90 Å². The molecule has 11 heteroatoms. The molecule has 206 valence electrons. The van der Waals surface area contributed by atoms with Gasteiger partial charge in [0.05, 0.1) is 24.8 Å². The second kappa shape index (κ2) is 8.67. The lowest BCUT2D eigenvalue weighted by molar-refractivity contribution is -0.118. The summed E-state index contributed by atoms with van der Waals surface area (Å²) < 4.78 is 5.46. The standard InChI is InChI=1S/C28H34ClN7O3/c1-39-16-5-7-20-18(9-16)28(27(38)30-20)10-19(28)14-4-6-17-21(8-14)34-35-24(17)32-25-22(29)26(36-11-15(37)12-36)33-23(31-25)13-2-3-13/h5,7,9,13-15,17,19,21,24,34-35,37H,2-4,6,8,10-12H2,1H3,(H,30,38)(H,31,32,33)/t14?,17?,19-,21?,24?,28-/m0/s1. The van der Waals surface area contributed by atoms with Gasteiger partial charge < -0.3 is 25.4 Å². The summed E-state index contributed by atoms with van der Waals surface area (Å²) in [6.45, 7) is 1.10. The molecule has 1 aromatic carbocycles. The molecule has 3 aliphatic heterocycles. The molecule has 5 fully saturated rings. The Hall–Kier alpha value is -2.66. The Balaban J connectivity index is 0.979. The lowest BCUT2D eigenvalue weighted by atomic mass is 9.74. The Morgan fingerprint density at radius 2 is 2.03 bits per heavy atom. The molecule has 2 aromatic rings. The first-order valence-electron chi connectivity index (χ1n) is 14.2.